The smallest absolute Gasteiger partial charge is 0.323 e. The summed E-state index contributed by atoms with van der Waals surface area (Å²) in [5, 5.41) is 8.97. The summed E-state index contributed by atoms with van der Waals surface area (Å²) in [5.74, 6) is -0.459. The molecule has 3 atom stereocenters. The molecule has 2 unspecified atom stereocenters. The van der Waals surface area contributed by atoms with Crippen LogP contribution in [0.1, 0.15) is 26.2 Å². The van der Waals surface area contributed by atoms with Gasteiger partial charge in [-0.2, -0.15) is 0 Å². The van der Waals surface area contributed by atoms with Gasteiger partial charge in [-0.15, -0.1) is 0 Å². The Labute approximate surface area is 80.1 Å². The molecule has 3 N–H and O–H groups in total. The number of carbonyl (C=O) groups is 1. The average Bonchev–Trinajstić information content (AvgIpc) is 2.35. The van der Waals surface area contributed by atoms with Crippen molar-refractivity contribution in [2.75, 3.05) is 0 Å². The highest BCUT2D eigenvalue weighted by atomic mass is 16.4. The summed E-state index contributed by atoms with van der Waals surface area (Å²) in [4.78, 5) is 10.9. The molecule has 3 nitrogen and oxygen atoms in total. The van der Waals surface area contributed by atoms with E-state index in [0.29, 0.717) is 18.7 Å². The predicted octanol–water partition coefficient (Wildman–Crippen LogP) is 0.791. The van der Waals surface area contributed by atoms with Crippen LogP contribution in [0.3, 0.4) is 0 Å². The van der Waals surface area contributed by atoms with Gasteiger partial charge in [-0.05, 0) is 24.7 Å². The van der Waals surface area contributed by atoms with Gasteiger partial charge in [0.1, 0.15) is 5.54 Å². The van der Waals surface area contributed by atoms with E-state index >= 15 is 0 Å². The van der Waals surface area contributed by atoms with Crippen molar-refractivity contribution in [2.24, 2.45) is 17.6 Å². The van der Waals surface area contributed by atoms with E-state index in [1.54, 1.807) is 0 Å². The van der Waals surface area contributed by atoms with Crippen molar-refractivity contribution in [3.63, 3.8) is 0 Å². The molecule has 0 heterocycles. The molecule has 1 aliphatic carbocycles. The molecule has 1 aliphatic rings. The number of hydrogen-bond donors (Lipinski definition) is 2. The fraction of sp³-hybridized carbons (Fsp3) is 0.889. The number of carboxylic acids is 1. The van der Waals surface area contributed by atoms with Crippen LogP contribution in [0.15, 0.2) is 0 Å². The molecule has 72 valence electrons. The van der Waals surface area contributed by atoms with E-state index in [4.69, 9.17) is 18.7 Å². The zero-order valence-electron chi connectivity index (χ0n) is 7.99. The first kappa shape index (κ1) is 10.6. The van der Waals surface area contributed by atoms with Gasteiger partial charge in [0.2, 0.25) is 0 Å². The number of nitrogens with two attached hydrogens (primary N) is 1. The Balaban J connectivity index is 2.69. The van der Waals surface area contributed by atoms with Crippen molar-refractivity contribution in [1.29, 1.82) is 0 Å². The van der Waals surface area contributed by atoms with E-state index in [0.717, 1.165) is 12.8 Å². The molecule has 13 heavy (non-hydrogen) atoms. The lowest BCUT2D eigenvalue weighted by molar-refractivity contribution is -0.144. The van der Waals surface area contributed by atoms with E-state index in [1.165, 1.54) is 0 Å². The van der Waals surface area contributed by atoms with Gasteiger partial charge in [0.25, 0.3) is 0 Å². The molecule has 0 bridgehead atoms. The fourth-order valence-electron chi connectivity index (χ4n) is 2.23. The number of carboxylic acid groups (broad SMARTS) is 1. The van der Waals surface area contributed by atoms with E-state index in [-0.39, 0.29) is 5.92 Å². The molecule has 0 spiro atoms. The van der Waals surface area contributed by atoms with Crippen molar-refractivity contribution in [3.05, 3.63) is 0 Å². The Morgan fingerprint density at radius 1 is 1.77 bits per heavy atom. The Hall–Kier alpha value is -0.505. The van der Waals surface area contributed by atoms with Gasteiger partial charge < -0.3 is 10.8 Å². The molecule has 2 radical (unpaired) electrons. The number of hydrogen-bond acceptors (Lipinski definition) is 2. The maximum Gasteiger partial charge on any atom is 0.323 e. The monoisotopic (exact) mass is 181 g/mol. The van der Waals surface area contributed by atoms with Gasteiger partial charge in [-0.25, -0.2) is 0 Å². The predicted molar refractivity (Wildman–Crippen MR) is 51.6 cm³/mol. The normalized spacial score (nSPS) is 39.2. The van der Waals surface area contributed by atoms with Crippen LogP contribution in [0.4, 0.5) is 0 Å². The van der Waals surface area contributed by atoms with Crippen molar-refractivity contribution < 1.29 is 9.90 Å². The van der Waals surface area contributed by atoms with Gasteiger partial charge in [0.05, 0.1) is 7.85 Å². The standard InChI is InChI=1S/C9H16BNO2/c1-6-7(3-5-10)2-4-9(6,11)8(12)13/h6-7H,2-5,11H2,1H3,(H,12,13)/t6?,7-,9?/m0/s1. The molecule has 4 heteroatoms. The summed E-state index contributed by atoms with van der Waals surface area (Å²) >= 11 is 0. The lowest BCUT2D eigenvalue weighted by Gasteiger charge is -2.26. The van der Waals surface area contributed by atoms with E-state index < -0.39 is 11.5 Å². The third-order valence-corrected chi connectivity index (χ3v) is 3.38. The first-order chi connectivity index (χ1) is 6.02. The van der Waals surface area contributed by atoms with Gasteiger partial charge in [0, 0.05) is 0 Å². The SMILES string of the molecule is [B]CC[C@@H]1CCC(N)(C(=O)O)C1C. The first-order valence-corrected chi connectivity index (χ1v) is 4.74. The Kier molecular flexibility index (Phi) is 3.01. The van der Waals surface area contributed by atoms with Crippen LogP contribution < -0.4 is 5.73 Å². The van der Waals surface area contributed by atoms with Crippen molar-refractivity contribution >= 4 is 13.8 Å². The lowest BCUT2D eigenvalue weighted by Crippen LogP contribution is -2.51. The molecule has 1 fully saturated rings. The van der Waals surface area contributed by atoms with Gasteiger partial charge in [0.15, 0.2) is 0 Å². The van der Waals surface area contributed by atoms with Gasteiger partial charge in [-0.3, -0.25) is 4.79 Å². The minimum atomic E-state index is -1.01. The van der Waals surface area contributed by atoms with Crippen LogP contribution in [0, 0.1) is 11.8 Å². The topological polar surface area (TPSA) is 63.3 Å². The second-order valence-corrected chi connectivity index (χ2v) is 4.01. The zero-order chi connectivity index (χ0) is 10.1. The maximum atomic E-state index is 10.9. The number of aliphatic carboxylic acids is 1. The van der Waals surface area contributed by atoms with Gasteiger partial charge >= 0.3 is 5.97 Å². The highest BCUT2D eigenvalue weighted by Crippen LogP contribution is 2.40. The minimum Gasteiger partial charge on any atom is -0.480 e. The van der Waals surface area contributed by atoms with Crippen LogP contribution in [-0.4, -0.2) is 24.5 Å². The largest absolute Gasteiger partial charge is 0.480 e. The molecular formula is C9H16BNO2. The first-order valence-electron chi connectivity index (χ1n) is 4.74. The van der Waals surface area contributed by atoms with Crippen LogP contribution in [0.25, 0.3) is 0 Å². The summed E-state index contributed by atoms with van der Waals surface area (Å²) in [6.45, 7) is 1.92. The highest BCUT2D eigenvalue weighted by Gasteiger charge is 2.47. The van der Waals surface area contributed by atoms with Crippen LogP contribution in [-0.2, 0) is 4.79 Å². The fourth-order valence-corrected chi connectivity index (χ4v) is 2.23. The second-order valence-electron chi connectivity index (χ2n) is 4.01. The maximum absolute atomic E-state index is 10.9. The van der Waals surface area contributed by atoms with Crippen LogP contribution in [0.5, 0.6) is 0 Å². The molecule has 1 rings (SSSR count). The third kappa shape index (κ3) is 1.73. The Bertz CT molecular complexity index is 210. The quantitative estimate of drug-likeness (QED) is 0.632. The molecule has 0 aromatic rings. The molecule has 0 amide bonds. The summed E-state index contributed by atoms with van der Waals surface area (Å²) in [7, 11) is 5.45. The zero-order valence-corrected chi connectivity index (χ0v) is 7.99. The summed E-state index contributed by atoms with van der Waals surface area (Å²) in [5.41, 5.74) is 4.81. The van der Waals surface area contributed by atoms with Crippen LogP contribution in [0.2, 0.25) is 6.32 Å². The van der Waals surface area contributed by atoms with Crippen molar-refractivity contribution in [1.82, 2.24) is 0 Å². The van der Waals surface area contributed by atoms with E-state index in [9.17, 15) is 4.79 Å². The van der Waals surface area contributed by atoms with Crippen molar-refractivity contribution in [3.8, 4) is 0 Å². The summed E-state index contributed by atoms with van der Waals surface area (Å²) in [6, 6.07) is 0. The van der Waals surface area contributed by atoms with E-state index in [2.05, 4.69) is 0 Å². The molecule has 0 aromatic heterocycles. The van der Waals surface area contributed by atoms with Crippen LogP contribution >= 0.6 is 0 Å². The molecule has 0 aromatic carbocycles. The molecule has 0 saturated heterocycles. The molecular weight excluding hydrogens is 165 g/mol. The summed E-state index contributed by atoms with van der Waals surface area (Å²) < 4.78 is 0. The third-order valence-electron chi connectivity index (χ3n) is 3.38. The van der Waals surface area contributed by atoms with Gasteiger partial charge in [-0.1, -0.05) is 19.7 Å². The number of rotatable bonds is 3. The Morgan fingerprint density at radius 2 is 2.38 bits per heavy atom. The Morgan fingerprint density at radius 3 is 2.77 bits per heavy atom. The summed E-state index contributed by atoms with van der Waals surface area (Å²) in [6.07, 6.45) is 2.97. The molecule has 1 saturated carbocycles. The molecule has 0 aliphatic heterocycles. The highest BCUT2D eigenvalue weighted by molar-refractivity contribution is 6.08. The van der Waals surface area contributed by atoms with E-state index in [1.807, 2.05) is 6.92 Å². The second kappa shape index (κ2) is 3.70. The van der Waals surface area contributed by atoms with Crippen molar-refractivity contribution in [2.45, 2.75) is 38.0 Å². The lowest BCUT2D eigenvalue weighted by atomic mass is 9.81. The average molecular weight is 181 g/mol. The minimum absolute atomic E-state index is 0.0357.